The number of methoxy groups -OCH3 is 1. The molecule has 0 spiro atoms. The normalized spacial score (nSPS) is 16.2. The highest BCUT2D eigenvalue weighted by atomic mass is 16.5. The average Bonchev–Trinajstić information content (AvgIpc) is 3.20. The van der Waals surface area contributed by atoms with Crippen LogP contribution in [-0.2, 0) is 25.5 Å². The number of amides is 2. The minimum absolute atomic E-state index is 0.152. The molecule has 3 atom stereocenters. The first kappa shape index (κ1) is 25.1. The SMILES string of the molecule is COC(=O)[C@H](CC(C)C)NC(=O)[C@H](Cc1ccccc1)N(C(C)=O)C1COc2ccc(N)cc21. The molecule has 34 heavy (non-hydrogen) atoms. The standard InChI is InChI=1S/C26H33N3O5/c1-16(2)12-21(26(32)33-4)28-25(31)22(13-18-8-6-5-7-9-18)29(17(3)30)23-15-34-24-11-10-19(27)14-20(23)24/h5-11,14,16,21-23H,12-13,15,27H2,1-4H3,(H,28,31)/t21-,22-,23?/m0/s1. The number of hydrogen-bond acceptors (Lipinski definition) is 6. The lowest BCUT2D eigenvalue weighted by atomic mass is 9.97. The molecule has 1 heterocycles. The molecule has 2 amide bonds. The van der Waals surface area contributed by atoms with Crippen LogP contribution >= 0.6 is 0 Å². The fourth-order valence-corrected chi connectivity index (χ4v) is 4.35. The van der Waals surface area contributed by atoms with Crippen LogP contribution in [-0.4, -0.2) is 48.5 Å². The van der Waals surface area contributed by atoms with Gasteiger partial charge in [-0.3, -0.25) is 9.59 Å². The first-order chi connectivity index (χ1) is 16.2. The van der Waals surface area contributed by atoms with Crippen LogP contribution in [0.5, 0.6) is 5.75 Å². The van der Waals surface area contributed by atoms with Crippen LogP contribution in [0.2, 0.25) is 0 Å². The van der Waals surface area contributed by atoms with E-state index in [1.54, 1.807) is 18.2 Å². The van der Waals surface area contributed by atoms with Gasteiger partial charge in [-0.1, -0.05) is 44.2 Å². The third-order valence-electron chi connectivity index (χ3n) is 5.91. The summed E-state index contributed by atoms with van der Waals surface area (Å²) in [5.74, 6) is -0.432. The van der Waals surface area contributed by atoms with Gasteiger partial charge < -0.3 is 25.4 Å². The zero-order valence-corrected chi connectivity index (χ0v) is 20.1. The largest absolute Gasteiger partial charge is 0.491 e. The van der Waals surface area contributed by atoms with Crippen molar-refractivity contribution in [2.75, 3.05) is 19.5 Å². The molecule has 0 bridgehead atoms. The van der Waals surface area contributed by atoms with E-state index in [4.69, 9.17) is 15.2 Å². The maximum absolute atomic E-state index is 13.7. The number of rotatable bonds is 9. The molecule has 0 aliphatic carbocycles. The molecule has 1 aliphatic heterocycles. The quantitative estimate of drug-likeness (QED) is 0.433. The number of benzene rings is 2. The van der Waals surface area contributed by atoms with E-state index in [2.05, 4.69) is 5.32 Å². The number of nitrogens with two attached hydrogens (primary N) is 1. The summed E-state index contributed by atoms with van der Waals surface area (Å²) >= 11 is 0. The second-order valence-electron chi connectivity index (χ2n) is 8.97. The Morgan fingerprint density at radius 2 is 1.88 bits per heavy atom. The van der Waals surface area contributed by atoms with Gasteiger partial charge in [0.1, 0.15) is 24.4 Å². The molecular formula is C26H33N3O5. The number of nitrogens with one attached hydrogen (secondary N) is 1. The van der Waals surface area contributed by atoms with E-state index in [9.17, 15) is 14.4 Å². The first-order valence-corrected chi connectivity index (χ1v) is 11.4. The second kappa shape index (κ2) is 11.0. The van der Waals surface area contributed by atoms with Gasteiger partial charge in [0.15, 0.2) is 0 Å². The fourth-order valence-electron chi connectivity index (χ4n) is 4.35. The zero-order chi connectivity index (χ0) is 24.8. The number of esters is 1. The zero-order valence-electron chi connectivity index (χ0n) is 20.1. The molecule has 182 valence electrons. The van der Waals surface area contributed by atoms with E-state index >= 15 is 0 Å². The fraction of sp³-hybridized carbons (Fsp3) is 0.423. The molecule has 3 N–H and O–H groups in total. The lowest BCUT2D eigenvalue weighted by Crippen LogP contribution is -2.55. The molecule has 1 aliphatic rings. The Kier molecular flexibility index (Phi) is 8.15. The van der Waals surface area contributed by atoms with Gasteiger partial charge in [0.2, 0.25) is 11.8 Å². The minimum Gasteiger partial charge on any atom is -0.491 e. The maximum Gasteiger partial charge on any atom is 0.328 e. The van der Waals surface area contributed by atoms with Crippen LogP contribution in [0.1, 0.15) is 44.4 Å². The lowest BCUT2D eigenvalue weighted by Gasteiger charge is -2.35. The van der Waals surface area contributed by atoms with Crippen molar-refractivity contribution in [1.82, 2.24) is 10.2 Å². The van der Waals surface area contributed by atoms with Crippen molar-refractivity contribution >= 4 is 23.5 Å². The van der Waals surface area contributed by atoms with Crippen molar-refractivity contribution in [2.45, 2.75) is 51.7 Å². The van der Waals surface area contributed by atoms with Gasteiger partial charge in [-0.2, -0.15) is 0 Å². The number of carbonyl (C=O) groups is 3. The summed E-state index contributed by atoms with van der Waals surface area (Å²) in [4.78, 5) is 40.6. The highest BCUT2D eigenvalue weighted by molar-refractivity contribution is 5.91. The third-order valence-corrected chi connectivity index (χ3v) is 5.91. The second-order valence-corrected chi connectivity index (χ2v) is 8.97. The van der Waals surface area contributed by atoms with Crippen molar-refractivity contribution in [3.63, 3.8) is 0 Å². The van der Waals surface area contributed by atoms with E-state index in [-0.39, 0.29) is 24.9 Å². The predicted octanol–water partition coefficient (Wildman–Crippen LogP) is 2.87. The van der Waals surface area contributed by atoms with Gasteiger partial charge in [-0.25, -0.2) is 4.79 Å². The summed E-state index contributed by atoms with van der Waals surface area (Å²) in [7, 11) is 1.29. The summed E-state index contributed by atoms with van der Waals surface area (Å²) < 4.78 is 10.7. The summed E-state index contributed by atoms with van der Waals surface area (Å²) in [6, 6.07) is 12.6. The van der Waals surface area contributed by atoms with Crippen molar-refractivity contribution in [2.24, 2.45) is 5.92 Å². The number of ether oxygens (including phenoxy) is 2. The molecular weight excluding hydrogens is 434 g/mol. The maximum atomic E-state index is 13.7. The molecule has 8 heteroatoms. The van der Waals surface area contributed by atoms with Crippen LogP contribution < -0.4 is 15.8 Å². The Morgan fingerprint density at radius 3 is 2.50 bits per heavy atom. The lowest BCUT2D eigenvalue weighted by molar-refractivity contribution is -0.148. The Hall–Kier alpha value is -3.55. The summed E-state index contributed by atoms with van der Waals surface area (Å²) in [5, 5.41) is 2.84. The van der Waals surface area contributed by atoms with Crippen LogP contribution in [0.3, 0.4) is 0 Å². The summed E-state index contributed by atoms with van der Waals surface area (Å²) in [5.41, 5.74) is 8.19. The number of nitrogens with zero attached hydrogens (tertiary/aromatic N) is 1. The number of hydrogen-bond donors (Lipinski definition) is 2. The molecule has 0 aromatic heterocycles. The smallest absolute Gasteiger partial charge is 0.328 e. The molecule has 0 fully saturated rings. The number of fused-ring (bicyclic) bond motifs is 1. The molecule has 3 rings (SSSR count). The van der Waals surface area contributed by atoms with Crippen molar-refractivity contribution < 1.29 is 23.9 Å². The highest BCUT2D eigenvalue weighted by Crippen LogP contribution is 2.38. The Balaban J connectivity index is 1.98. The van der Waals surface area contributed by atoms with Gasteiger partial charge in [0.05, 0.1) is 13.2 Å². The van der Waals surface area contributed by atoms with Crippen molar-refractivity contribution in [3.8, 4) is 5.75 Å². The monoisotopic (exact) mass is 467 g/mol. The van der Waals surface area contributed by atoms with Crippen molar-refractivity contribution in [1.29, 1.82) is 0 Å². The van der Waals surface area contributed by atoms with E-state index in [0.29, 0.717) is 17.9 Å². The van der Waals surface area contributed by atoms with E-state index in [1.807, 2.05) is 44.2 Å². The highest BCUT2D eigenvalue weighted by Gasteiger charge is 2.40. The van der Waals surface area contributed by atoms with E-state index < -0.39 is 30.0 Å². The van der Waals surface area contributed by atoms with Crippen LogP contribution in [0.4, 0.5) is 5.69 Å². The molecule has 0 saturated carbocycles. The van der Waals surface area contributed by atoms with Crippen LogP contribution in [0.15, 0.2) is 48.5 Å². The van der Waals surface area contributed by atoms with E-state index in [0.717, 1.165) is 11.1 Å². The first-order valence-electron chi connectivity index (χ1n) is 11.4. The van der Waals surface area contributed by atoms with Gasteiger partial charge in [0, 0.05) is 24.6 Å². The number of anilines is 1. The summed E-state index contributed by atoms with van der Waals surface area (Å²) in [6.07, 6.45) is 0.693. The van der Waals surface area contributed by atoms with Crippen molar-refractivity contribution in [3.05, 3.63) is 59.7 Å². The van der Waals surface area contributed by atoms with Gasteiger partial charge in [0.25, 0.3) is 0 Å². The van der Waals surface area contributed by atoms with Crippen LogP contribution in [0, 0.1) is 5.92 Å². The molecule has 1 unspecified atom stereocenters. The Bertz CT molecular complexity index is 1020. The number of nitrogen functional groups attached to an aromatic ring is 1. The molecule has 2 aromatic rings. The topological polar surface area (TPSA) is 111 Å². The predicted molar refractivity (Wildman–Crippen MR) is 129 cm³/mol. The summed E-state index contributed by atoms with van der Waals surface area (Å²) in [6.45, 7) is 5.57. The Morgan fingerprint density at radius 1 is 1.18 bits per heavy atom. The van der Waals surface area contributed by atoms with Gasteiger partial charge >= 0.3 is 5.97 Å². The Labute approximate surface area is 200 Å². The molecule has 8 nitrogen and oxygen atoms in total. The van der Waals surface area contributed by atoms with Crippen LogP contribution in [0.25, 0.3) is 0 Å². The van der Waals surface area contributed by atoms with E-state index in [1.165, 1.54) is 18.9 Å². The van der Waals surface area contributed by atoms with Gasteiger partial charge in [-0.15, -0.1) is 0 Å². The van der Waals surface area contributed by atoms with Gasteiger partial charge in [-0.05, 0) is 36.1 Å². The molecule has 0 radical (unpaired) electrons. The average molecular weight is 468 g/mol. The molecule has 2 aromatic carbocycles. The molecule has 0 saturated heterocycles. The third kappa shape index (κ3) is 5.87. The minimum atomic E-state index is -0.875. The number of carbonyl (C=O) groups excluding carboxylic acids is 3.